The summed E-state index contributed by atoms with van der Waals surface area (Å²) in [5.74, 6) is 0.740. The topological polar surface area (TPSA) is 62.3 Å². The molecule has 1 aliphatic carbocycles. The Balaban J connectivity index is 1.42. The molecular formula is C19H27N3O2. The first-order valence-electron chi connectivity index (χ1n) is 9.11. The first-order chi connectivity index (χ1) is 11.6. The van der Waals surface area contributed by atoms with Gasteiger partial charge in [-0.1, -0.05) is 6.42 Å². The Morgan fingerprint density at radius 1 is 1.17 bits per heavy atom. The van der Waals surface area contributed by atoms with Crippen LogP contribution in [0.15, 0.2) is 24.5 Å². The molecule has 0 radical (unpaired) electrons. The summed E-state index contributed by atoms with van der Waals surface area (Å²) in [5.41, 5.74) is 1.18. The Hall–Kier alpha value is -1.91. The highest BCUT2D eigenvalue weighted by molar-refractivity contribution is 5.81. The summed E-state index contributed by atoms with van der Waals surface area (Å²) in [6.07, 6.45) is 9.21. The van der Waals surface area contributed by atoms with Gasteiger partial charge in [0.05, 0.1) is 0 Å². The van der Waals surface area contributed by atoms with Crippen molar-refractivity contribution in [3.05, 3.63) is 30.1 Å². The molecule has 0 bridgehead atoms. The van der Waals surface area contributed by atoms with Crippen molar-refractivity contribution in [1.82, 2.24) is 15.2 Å². The molecule has 0 spiro atoms. The predicted octanol–water partition coefficient (Wildman–Crippen LogP) is 2.17. The van der Waals surface area contributed by atoms with Crippen LogP contribution >= 0.6 is 0 Å². The van der Waals surface area contributed by atoms with Crippen molar-refractivity contribution in [2.75, 3.05) is 13.1 Å². The second kappa shape index (κ2) is 7.77. The van der Waals surface area contributed by atoms with Crippen LogP contribution < -0.4 is 5.32 Å². The van der Waals surface area contributed by atoms with Crippen molar-refractivity contribution in [2.24, 2.45) is 11.8 Å². The highest BCUT2D eigenvalue weighted by Gasteiger charge is 2.33. The van der Waals surface area contributed by atoms with Crippen LogP contribution in [0.4, 0.5) is 0 Å². The standard InChI is InChI=1S/C19H27N3O2/c1-14(13-15-5-9-20-10-6-15)21-18(23)16-7-11-22(12-8-16)19(24)17-3-2-4-17/h5-6,9-10,14,16-17H,2-4,7-8,11-13H2,1H3,(H,21,23). The number of likely N-dealkylation sites (tertiary alicyclic amines) is 1. The van der Waals surface area contributed by atoms with E-state index in [0.717, 1.165) is 45.2 Å². The lowest BCUT2D eigenvalue weighted by atomic mass is 9.83. The second-order valence-electron chi connectivity index (χ2n) is 7.20. The van der Waals surface area contributed by atoms with Crippen molar-refractivity contribution in [3.8, 4) is 0 Å². The fraction of sp³-hybridized carbons (Fsp3) is 0.632. The maximum atomic E-state index is 12.4. The fourth-order valence-electron chi connectivity index (χ4n) is 3.56. The summed E-state index contributed by atoms with van der Waals surface area (Å²) in [6.45, 7) is 3.49. The molecule has 1 aliphatic heterocycles. The van der Waals surface area contributed by atoms with Gasteiger partial charge in [0.1, 0.15) is 0 Å². The van der Waals surface area contributed by atoms with Crippen LogP contribution in [0.25, 0.3) is 0 Å². The number of hydrogen-bond acceptors (Lipinski definition) is 3. The number of aromatic nitrogens is 1. The third-order valence-corrected chi connectivity index (χ3v) is 5.31. The molecule has 1 unspecified atom stereocenters. The van der Waals surface area contributed by atoms with Crippen LogP contribution in [-0.4, -0.2) is 40.8 Å². The zero-order valence-corrected chi connectivity index (χ0v) is 14.4. The molecule has 3 rings (SSSR count). The highest BCUT2D eigenvalue weighted by atomic mass is 16.2. The molecule has 24 heavy (non-hydrogen) atoms. The zero-order valence-electron chi connectivity index (χ0n) is 14.4. The minimum absolute atomic E-state index is 0.0373. The smallest absolute Gasteiger partial charge is 0.225 e. The second-order valence-corrected chi connectivity index (χ2v) is 7.20. The minimum atomic E-state index is 0.0373. The Labute approximate surface area is 143 Å². The molecule has 2 fully saturated rings. The average Bonchev–Trinajstić information content (AvgIpc) is 2.54. The molecule has 1 aromatic heterocycles. The zero-order chi connectivity index (χ0) is 16.9. The van der Waals surface area contributed by atoms with Gasteiger partial charge in [0.25, 0.3) is 0 Å². The number of nitrogens with one attached hydrogen (secondary N) is 1. The van der Waals surface area contributed by atoms with Gasteiger partial charge in [0.2, 0.25) is 11.8 Å². The van der Waals surface area contributed by atoms with Gasteiger partial charge in [-0.15, -0.1) is 0 Å². The molecule has 1 N–H and O–H groups in total. The van der Waals surface area contributed by atoms with E-state index in [1.807, 2.05) is 24.0 Å². The van der Waals surface area contributed by atoms with E-state index in [1.54, 1.807) is 12.4 Å². The van der Waals surface area contributed by atoms with E-state index in [2.05, 4.69) is 10.3 Å². The molecule has 0 aromatic carbocycles. The minimum Gasteiger partial charge on any atom is -0.353 e. The van der Waals surface area contributed by atoms with Crippen LogP contribution in [-0.2, 0) is 16.0 Å². The summed E-state index contributed by atoms with van der Waals surface area (Å²) in [5, 5.41) is 3.12. The van der Waals surface area contributed by atoms with Crippen molar-refractivity contribution in [1.29, 1.82) is 0 Å². The van der Waals surface area contributed by atoms with Gasteiger partial charge < -0.3 is 10.2 Å². The monoisotopic (exact) mass is 329 g/mol. The van der Waals surface area contributed by atoms with Gasteiger partial charge in [-0.25, -0.2) is 0 Å². The maximum Gasteiger partial charge on any atom is 0.225 e. The summed E-state index contributed by atoms with van der Waals surface area (Å²) >= 11 is 0. The number of hydrogen-bond donors (Lipinski definition) is 1. The van der Waals surface area contributed by atoms with Crippen LogP contribution in [0.3, 0.4) is 0 Å². The molecule has 1 atom stereocenters. The van der Waals surface area contributed by atoms with Gasteiger partial charge in [-0.05, 0) is 56.7 Å². The summed E-state index contributed by atoms with van der Waals surface area (Å²) in [6, 6.07) is 4.06. The SMILES string of the molecule is CC(Cc1ccncc1)NC(=O)C1CCN(C(=O)C2CCC2)CC1. The first kappa shape index (κ1) is 16.9. The van der Waals surface area contributed by atoms with Gasteiger partial charge >= 0.3 is 0 Å². The molecule has 2 amide bonds. The molecule has 1 saturated carbocycles. The molecule has 1 saturated heterocycles. The number of carbonyl (C=O) groups is 2. The van der Waals surface area contributed by atoms with Crippen LogP contribution in [0.5, 0.6) is 0 Å². The Bertz CT molecular complexity index is 563. The summed E-state index contributed by atoms with van der Waals surface area (Å²) in [7, 11) is 0. The van der Waals surface area contributed by atoms with E-state index in [1.165, 1.54) is 12.0 Å². The number of piperidine rings is 1. The lowest BCUT2D eigenvalue weighted by Crippen LogP contribution is -2.47. The van der Waals surface area contributed by atoms with Crippen LogP contribution in [0.1, 0.15) is 44.6 Å². The van der Waals surface area contributed by atoms with Crippen molar-refractivity contribution >= 4 is 11.8 Å². The number of rotatable bonds is 5. The normalized spacial score (nSPS) is 20.3. The summed E-state index contributed by atoms with van der Waals surface area (Å²) in [4.78, 5) is 30.7. The number of amides is 2. The Morgan fingerprint density at radius 2 is 1.83 bits per heavy atom. The lowest BCUT2D eigenvalue weighted by molar-refractivity contribution is -0.141. The average molecular weight is 329 g/mol. The Morgan fingerprint density at radius 3 is 2.42 bits per heavy atom. The lowest BCUT2D eigenvalue weighted by Gasteiger charge is -2.36. The van der Waals surface area contributed by atoms with E-state index < -0.39 is 0 Å². The van der Waals surface area contributed by atoms with E-state index in [9.17, 15) is 9.59 Å². The maximum absolute atomic E-state index is 12.4. The number of carbonyl (C=O) groups excluding carboxylic acids is 2. The molecule has 1 aromatic rings. The van der Waals surface area contributed by atoms with E-state index >= 15 is 0 Å². The van der Waals surface area contributed by atoms with Crippen LogP contribution in [0, 0.1) is 11.8 Å². The third-order valence-electron chi connectivity index (χ3n) is 5.31. The predicted molar refractivity (Wildman–Crippen MR) is 92.2 cm³/mol. The molecule has 5 nitrogen and oxygen atoms in total. The first-order valence-corrected chi connectivity index (χ1v) is 9.11. The number of pyridine rings is 1. The van der Waals surface area contributed by atoms with Gasteiger partial charge in [0.15, 0.2) is 0 Å². The summed E-state index contributed by atoms with van der Waals surface area (Å²) < 4.78 is 0. The quantitative estimate of drug-likeness (QED) is 0.900. The van der Waals surface area contributed by atoms with Gasteiger partial charge in [-0.3, -0.25) is 14.6 Å². The van der Waals surface area contributed by atoms with Crippen LogP contribution in [0.2, 0.25) is 0 Å². The van der Waals surface area contributed by atoms with Crippen molar-refractivity contribution < 1.29 is 9.59 Å². The van der Waals surface area contributed by atoms with E-state index in [0.29, 0.717) is 5.91 Å². The Kier molecular flexibility index (Phi) is 5.48. The highest BCUT2D eigenvalue weighted by Crippen LogP contribution is 2.30. The molecule has 2 heterocycles. The number of nitrogens with zero attached hydrogens (tertiary/aromatic N) is 2. The third kappa shape index (κ3) is 4.13. The fourth-order valence-corrected chi connectivity index (χ4v) is 3.56. The van der Waals surface area contributed by atoms with Crippen molar-refractivity contribution in [2.45, 2.75) is 51.5 Å². The van der Waals surface area contributed by atoms with E-state index in [4.69, 9.17) is 0 Å². The molecular weight excluding hydrogens is 302 g/mol. The van der Waals surface area contributed by atoms with Crippen molar-refractivity contribution in [3.63, 3.8) is 0 Å². The van der Waals surface area contributed by atoms with Gasteiger partial charge in [0, 0.05) is 43.4 Å². The molecule has 130 valence electrons. The molecule has 2 aliphatic rings. The van der Waals surface area contributed by atoms with Gasteiger partial charge in [-0.2, -0.15) is 0 Å². The largest absolute Gasteiger partial charge is 0.353 e. The molecule has 5 heteroatoms. The van der Waals surface area contributed by atoms with E-state index in [-0.39, 0.29) is 23.8 Å².